The van der Waals surface area contributed by atoms with E-state index in [1.54, 1.807) is 0 Å². The predicted octanol–water partition coefficient (Wildman–Crippen LogP) is 6.50. The highest BCUT2D eigenvalue weighted by Gasteiger charge is 2.54. The number of hydrogen-bond acceptors (Lipinski definition) is 4. The maximum atomic E-state index is 7.16. The fourth-order valence-corrected chi connectivity index (χ4v) is 5.77. The van der Waals surface area contributed by atoms with Gasteiger partial charge in [0.05, 0.1) is 11.2 Å². The molecule has 0 unspecified atom stereocenters. The molecule has 0 bridgehead atoms. The second-order valence-corrected chi connectivity index (χ2v) is 17.6. The van der Waals surface area contributed by atoms with Crippen LogP contribution in [0.4, 0.5) is 0 Å². The summed E-state index contributed by atoms with van der Waals surface area (Å²) in [5.41, 5.74) is 7.04. The molecule has 0 amide bonds. The Kier molecular flexibility index (Phi) is 8.09. The lowest BCUT2D eigenvalue weighted by Crippen LogP contribution is -2.54. The molecule has 0 aromatic carbocycles. The van der Waals surface area contributed by atoms with Crippen molar-refractivity contribution in [3.05, 3.63) is 12.1 Å². The van der Waals surface area contributed by atoms with E-state index >= 15 is 0 Å². The van der Waals surface area contributed by atoms with Crippen LogP contribution in [0.3, 0.4) is 0 Å². The molecule has 2 rings (SSSR count). The van der Waals surface area contributed by atoms with Gasteiger partial charge in [0, 0.05) is 12.1 Å². The minimum absolute atomic E-state index is 0.0927. The van der Waals surface area contributed by atoms with E-state index in [1.807, 2.05) is 0 Å². The summed E-state index contributed by atoms with van der Waals surface area (Å²) in [4.78, 5) is 0. The molecule has 2 N–H and O–H groups in total. The highest BCUT2D eigenvalue weighted by molar-refractivity contribution is 6.74. The molecule has 6 heteroatoms. The van der Waals surface area contributed by atoms with Gasteiger partial charge in [0.2, 0.25) is 0 Å². The van der Waals surface area contributed by atoms with Crippen LogP contribution in [0.25, 0.3) is 0 Å². The Balaban J connectivity index is 2.22. The van der Waals surface area contributed by atoms with Crippen molar-refractivity contribution >= 4 is 15.4 Å². The lowest BCUT2D eigenvalue weighted by Gasteiger charge is -2.44. The van der Waals surface area contributed by atoms with Crippen LogP contribution in [0.5, 0.6) is 0 Å². The predicted molar refractivity (Wildman–Crippen MR) is 136 cm³/mol. The van der Waals surface area contributed by atoms with Crippen LogP contribution >= 0.6 is 0 Å². The summed E-state index contributed by atoms with van der Waals surface area (Å²) in [5.74, 6) is 0.591. The molecule has 1 saturated heterocycles. The van der Waals surface area contributed by atoms with Gasteiger partial charge in [-0.1, -0.05) is 40.0 Å². The van der Waals surface area contributed by atoms with E-state index in [4.69, 9.17) is 19.5 Å². The van der Waals surface area contributed by atoms with Crippen molar-refractivity contribution in [3.63, 3.8) is 0 Å². The molecular formula is C25H50BNO3Si. The topological polar surface area (TPSA) is 53.7 Å². The first-order valence-electron chi connectivity index (χ1n) is 12.4. The minimum atomic E-state index is -1.82. The molecule has 180 valence electrons. The first-order valence-corrected chi connectivity index (χ1v) is 15.3. The molecule has 1 aliphatic carbocycles. The van der Waals surface area contributed by atoms with Gasteiger partial charge in [0.15, 0.2) is 8.32 Å². The molecule has 2 atom stereocenters. The zero-order valence-electron chi connectivity index (χ0n) is 22.2. The zero-order chi connectivity index (χ0) is 23.9. The summed E-state index contributed by atoms with van der Waals surface area (Å²) in [7, 11) is -2.24. The number of hydrogen-bond donors (Lipinski definition) is 1. The molecule has 2 fully saturated rings. The summed E-state index contributed by atoms with van der Waals surface area (Å²) in [6.07, 6.45) is 7.12. The molecule has 31 heavy (non-hydrogen) atoms. The second kappa shape index (κ2) is 9.25. The number of nitrogens with two attached hydrogens (primary N) is 1. The van der Waals surface area contributed by atoms with Crippen LogP contribution in [-0.4, -0.2) is 38.8 Å². The molecule has 1 heterocycles. The van der Waals surface area contributed by atoms with E-state index in [2.05, 4.69) is 75.1 Å². The largest absolute Gasteiger partial charge is 0.490 e. The molecule has 2 aliphatic rings. The van der Waals surface area contributed by atoms with Crippen molar-refractivity contribution in [1.29, 1.82) is 0 Å². The first kappa shape index (κ1) is 27.1. The van der Waals surface area contributed by atoms with Gasteiger partial charge in [-0.05, 0) is 89.3 Å². The third kappa shape index (κ3) is 5.87. The molecule has 1 saturated carbocycles. The Labute approximate surface area is 194 Å². The van der Waals surface area contributed by atoms with E-state index in [0.29, 0.717) is 12.5 Å². The van der Waals surface area contributed by atoms with Crippen LogP contribution in [0.2, 0.25) is 18.1 Å². The normalized spacial score (nSPS) is 25.3. The van der Waals surface area contributed by atoms with Crippen LogP contribution < -0.4 is 5.73 Å². The summed E-state index contributed by atoms with van der Waals surface area (Å²) in [6.45, 7) is 27.3. The summed E-state index contributed by atoms with van der Waals surface area (Å²) in [6, 6.07) is 0. The second-order valence-electron chi connectivity index (χ2n) is 12.8. The third-order valence-corrected chi connectivity index (χ3v) is 13.5. The Bertz CT molecular complexity index is 617. The molecule has 4 nitrogen and oxygen atoms in total. The van der Waals surface area contributed by atoms with Gasteiger partial charge in [0.1, 0.15) is 0 Å². The van der Waals surface area contributed by atoms with E-state index in [9.17, 15) is 0 Å². The summed E-state index contributed by atoms with van der Waals surface area (Å²) >= 11 is 0. The Morgan fingerprint density at radius 1 is 1.06 bits per heavy atom. The van der Waals surface area contributed by atoms with Gasteiger partial charge in [0.25, 0.3) is 0 Å². The highest BCUT2D eigenvalue weighted by atomic mass is 28.4. The SMILES string of the molecule is C=C(B1OC(C)(C)C(C)(C)O1)[C@H](CCO[Si](C)(C)C(C)(C)C)[C@@](C)(N)C1CCCCC1. The standard InChI is InChI=1S/C25H50BNO3Si/c1-19(26-29-23(5,6)24(7,8)30-26)21(17-18-28-31(10,11)22(2,3)4)25(9,27)20-15-13-12-14-16-20/h20-21H,1,12-18,27H2,2-11H3/t21-,25-/m0/s1. The van der Waals surface area contributed by atoms with E-state index in [0.717, 1.165) is 11.9 Å². The molecule has 0 radical (unpaired) electrons. The Hall–Kier alpha value is -0.138. The van der Waals surface area contributed by atoms with E-state index < -0.39 is 15.4 Å². The molecule has 1 aliphatic heterocycles. The lowest BCUT2D eigenvalue weighted by atomic mass is 9.59. The monoisotopic (exact) mass is 451 g/mol. The Morgan fingerprint density at radius 2 is 1.55 bits per heavy atom. The number of rotatable bonds is 8. The van der Waals surface area contributed by atoms with Crippen LogP contribution in [0.1, 0.15) is 93.9 Å². The van der Waals surface area contributed by atoms with Crippen molar-refractivity contribution in [3.8, 4) is 0 Å². The maximum absolute atomic E-state index is 7.16. The summed E-state index contributed by atoms with van der Waals surface area (Å²) in [5, 5.41) is 0.195. The molecule has 0 aromatic rings. The van der Waals surface area contributed by atoms with Gasteiger partial charge in [-0.15, -0.1) is 6.58 Å². The van der Waals surface area contributed by atoms with E-state index in [1.165, 1.54) is 32.1 Å². The van der Waals surface area contributed by atoms with Crippen molar-refractivity contribution < 1.29 is 13.7 Å². The fraction of sp³-hybridized carbons (Fsp3) is 0.920. The van der Waals surface area contributed by atoms with Crippen molar-refractivity contribution in [2.24, 2.45) is 17.6 Å². The lowest BCUT2D eigenvalue weighted by molar-refractivity contribution is 0.00578. The fourth-order valence-electron chi connectivity index (χ4n) is 4.71. The zero-order valence-corrected chi connectivity index (χ0v) is 23.2. The average molecular weight is 452 g/mol. The Morgan fingerprint density at radius 3 is 2.00 bits per heavy atom. The molecular weight excluding hydrogens is 401 g/mol. The van der Waals surface area contributed by atoms with Crippen LogP contribution in [-0.2, 0) is 13.7 Å². The summed E-state index contributed by atoms with van der Waals surface area (Å²) < 4.78 is 19.3. The van der Waals surface area contributed by atoms with Gasteiger partial charge >= 0.3 is 7.12 Å². The highest BCUT2D eigenvalue weighted by Crippen LogP contribution is 2.45. The molecule has 0 spiro atoms. The smallest absolute Gasteiger partial charge is 0.417 e. The van der Waals surface area contributed by atoms with Gasteiger partial charge in [-0.3, -0.25) is 0 Å². The minimum Gasteiger partial charge on any atom is -0.417 e. The average Bonchev–Trinajstić information content (AvgIpc) is 2.85. The van der Waals surface area contributed by atoms with Gasteiger partial charge in [-0.2, -0.15) is 0 Å². The van der Waals surface area contributed by atoms with Crippen molar-refractivity contribution in [2.45, 2.75) is 129 Å². The molecule has 0 aromatic heterocycles. The first-order chi connectivity index (χ1) is 13.9. The van der Waals surface area contributed by atoms with Gasteiger partial charge < -0.3 is 19.5 Å². The van der Waals surface area contributed by atoms with Crippen molar-refractivity contribution in [2.75, 3.05) is 6.61 Å². The maximum Gasteiger partial charge on any atom is 0.490 e. The van der Waals surface area contributed by atoms with Crippen molar-refractivity contribution in [1.82, 2.24) is 0 Å². The third-order valence-electron chi connectivity index (χ3n) is 8.91. The van der Waals surface area contributed by atoms with Crippen LogP contribution in [0.15, 0.2) is 12.1 Å². The van der Waals surface area contributed by atoms with Gasteiger partial charge in [-0.25, -0.2) is 0 Å². The quantitative estimate of drug-likeness (QED) is 0.428. The van der Waals surface area contributed by atoms with E-state index in [-0.39, 0.29) is 27.7 Å². The van der Waals surface area contributed by atoms with Crippen LogP contribution in [0, 0.1) is 11.8 Å².